The monoisotopic (exact) mass is 251 g/mol. The lowest BCUT2D eigenvalue weighted by atomic mass is 9.77. The summed E-state index contributed by atoms with van der Waals surface area (Å²) in [4.78, 5) is 11.3. The van der Waals surface area contributed by atoms with Gasteiger partial charge in [0.2, 0.25) is 0 Å². The van der Waals surface area contributed by atoms with E-state index in [1.165, 1.54) is 6.92 Å². The van der Waals surface area contributed by atoms with Crippen LogP contribution in [0.2, 0.25) is 5.02 Å². The van der Waals surface area contributed by atoms with E-state index >= 15 is 0 Å². The fourth-order valence-electron chi connectivity index (χ4n) is 1.20. The number of hydrogen-bond acceptors (Lipinski definition) is 2. The Morgan fingerprint density at radius 3 is 2.56 bits per heavy atom. The Kier molecular flexibility index (Phi) is 3.85. The molecule has 0 aliphatic heterocycles. The number of rotatable bonds is 3. The van der Waals surface area contributed by atoms with Crippen molar-refractivity contribution in [2.45, 2.75) is 6.92 Å². The molecule has 0 aromatic heterocycles. The normalized spacial score (nSPS) is 11.3. The minimum Gasteiger partial charge on any atom is -0.462 e. The van der Waals surface area contributed by atoms with Crippen LogP contribution in [-0.4, -0.2) is 19.6 Å². The number of ether oxygens (including phenoxy) is 1. The van der Waals surface area contributed by atoms with E-state index in [2.05, 4.69) is 4.74 Å². The van der Waals surface area contributed by atoms with Crippen molar-refractivity contribution in [3.8, 4) is 0 Å². The summed E-state index contributed by atoms with van der Waals surface area (Å²) in [6, 6.07) is 2.84. The predicted octanol–water partition coefficient (Wildman–Crippen LogP) is 2.57. The van der Waals surface area contributed by atoms with E-state index in [1.54, 1.807) is 0 Å². The molecule has 0 saturated carbocycles. The van der Waals surface area contributed by atoms with Crippen LogP contribution in [0.1, 0.15) is 17.3 Å². The van der Waals surface area contributed by atoms with Crippen LogP contribution in [0.5, 0.6) is 0 Å². The average molecular weight is 251 g/mol. The molecule has 0 radical (unpaired) electrons. The third-order valence-electron chi connectivity index (χ3n) is 1.86. The van der Waals surface area contributed by atoms with Crippen LogP contribution in [0, 0.1) is 0 Å². The second-order valence-corrected chi connectivity index (χ2v) is 3.46. The second-order valence-electron chi connectivity index (χ2n) is 3.03. The Morgan fingerprint density at radius 1 is 1.44 bits per heavy atom. The summed E-state index contributed by atoms with van der Waals surface area (Å²) in [6.45, 7) is -3.73. The molecule has 0 atom stereocenters. The van der Waals surface area contributed by atoms with Crippen molar-refractivity contribution in [1.29, 1.82) is 0 Å². The fourth-order valence-corrected chi connectivity index (χ4v) is 1.37. The Labute approximate surface area is 95.4 Å². The van der Waals surface area contributed by atoms with E-state index in [0.29, 0.717) is 0 Å². The van der Waals surface area contributed by atoms with Gasteiger partial charge in [0.15, 0.2) is 0 Å². The van der Waals surface area contributed by atoms with Crippen molar-refractivity contribution in [1.82, 2.24) is 0 Å². The largest absolute Gasteiger partial charge is 0.510 e. The summed E-state index contributed by atoms with van der Waals surface area (Å²) in [5.41, 5.74) is -1.52. The summed E-state index contributed by atoms with van der Waals surface area (Å²) in [5, 5.41) is 0.0619. The summed E-state index contributed by atoms with van der Waals surface area (Å²) < 4.78 is 42.3. The number of halogens is 4. The van der Waals surface area contributed by atoms with Crippen LogP contribution >= 0.6 is 11.6 Å². The molecule has 88 valence electrons. The second kappa shape index (κ2) is 4.78. The van der Waals surface area contributed by atoms with Gasteiger partial charge >= 0.3 is 12.9 Å². The van der Waals surface area contributed by atoms with Gasteiger partial charge in [0.05, 0.1) is 6.61 Å². The van der Waals surface area contributed by atoms with Gasteiger partial charge in [-0.25, -0.2) is 4.79 Å². The summed E-state index contributed by atoms with van der Waals surface area (Å²) in [6.07, 6.45) is 0. The molecule has 7 heteroatoms. The highest BCUT2D eigenvalue weighted by Gasteiger charge is 2.30. The molecule has 0 aliphatic carbocycles. The molecule has 0 amide bonds. The lowest BCUT2D eigenvalue weighted by Gasteiger charge is -2.18. The van der Waals surface area contributed by atoms with Gasteiger partial charge in [0.25, 0.3) is 0 Å². The zero-order chi connectivity index (χ0) is 12.3. The number of hydrogen-bond donors (Lipinski definition) is 0. The van der Waals surface area contributed by atoms with E-state index in [9.17, 15) is 17.7 Å². The molecular weight excluding hydrogens is 243 g/mol. The van der Waals surface area contributed by atoms with Crippen LogP contribution in [0.25, 0.3) is 0 Å². The minimum atomic E-state index is -5.26. The van der Waals surface area contributed by atoms with Crippen molar-refractivity contribution in [2.75, 3.05) is 6.61 Å². The first-order chi connectivity index (χ1) is 7.36. The van der Waals surface area contributed by atoms with Crippen LogP contribution in [-0.2, 0) is 4.74 Å². The maximum Gasteiger partial charge on any atom is 0.510 e. The maximum atomic E-state index is 12.6. The Bertz CT molecular complexity index is 406. The molecular formula is C9H8BClF3O2-. The van der Waals surface area contributed by atoms with Gasteiger partial charge in [-0.3, -0.25) is 0 Å². The van der Waals surface area contributed by atoms with E-state index in [4.69, 9.17) is 11.6 Å². The number of esters is 1. The average Bonchev–Trinajstić information content (AvgIpc) is 2.16. The molecule has 16 heavy (non-hydrogen) atoms. The highest BCUT2D eigenvalue weighted by atomic mass is 35.5. The van der Waals surface area contributed by atoms with Crippen LogP contribution in [0.15, 0.2) is 18.2 Å². The first kappa shape index (κ1) is 12.9. The zero-order valence-electron chi connectivity index (χ0n) is 8.34. The van der Waals surface area contributed by atoms with E-state index in [-0.39, 0.29) is 11.6 Å². The van der Waals surface area contributed by atoms with E-state index in [1.807, 2.05) is 0 Å². The third kappa shape index (κ3) is 2.91. The molecule has 0 unspecified atom stereocenters. The van der Waals surface area contributed by atoms with Gasteiger partial charge in [-0.1, -0.05) is 23.1 Å². The minimum absolute atomic E-state index is 0.00957. The number of carbonyl (C=O) groups is 1. The zero-order valence-corrected chi connectivity index (χ0v) is 9.10. The van der Waals surface area contributed by atoms with Crippen molar-refractivity contribution in [3.63, 3.8) is 0 Å². The highest BCUT2D eigenvalue weighted by Crippen LogP contribution is 2.17. The third-order valence-corrected chi connectivity index (χ3v) is 2.10. The fraction of sp³-hybridized carbons (Fsp3) is 0.222. The van der Waals surface area contributed by atoms with Crippen molar-refractivity contribution in [2.24, 2.45) is 0 Å². The van der Waals surface area contributed by atoms with Crippen LogP contribution in [0.3, 0.4) is 0 Å². The molecule has 0 N–H and O–H groups in total. The Hall–Kier alpha value is -1.17. The molecule has 0 saturated heterocycles. The summed E-state index contributed by atoms with van der Waals surface area (Å²) in [5.74, 6) is -1.01. The van der Waals surface area contributed by atoms with Crippen LogP contribution in [0.4, 0.5) is 12.9 Å². The van der Waals surface area contributed by atoms with Crippen molar-refractivity contribution >= 4 is 30.0 Å². The Balaban J connectivity index is 3.24. The molecule has 0 aliphatic rings. The molecule has 0 bridgehead atoms. The molecule has 1 rings (SSSR count). The molecule has 1 aromatic rings. The number of benzene rings is 1. The first-order valence-electron chi connectivity index (χ1n) is 4.52. The molecule has 2 nitrogen and oxygen atoms in total. The van der Waals surface area contributed by atoms with E-state index in [0.717, 1.165) is 18.2 Å². The molecule has 0 spiro atoms. The molecule has 1 aromatic carbocycles. The van der Waals surface area contributed by atoms with Gasteiger partial charge in [0, 0.05) is 10.6 Å². The van der Waals surface area contributed by atoms with E-state index < -0.39 is 24.0 Å². The van der Waals surface area contributed by atoms with Gasteiger partial charge in [-0.15, -0.1) is 0 Å². The number of carbonyl (C=O) groups excluding carboxylic acids is 1. The van der Waals surface area contributed by atoms with Gasteiger partial charge < -0.3 is 17.7 Å². The standard InChI is InChI=1S/C9H8BClF3O2/c1-2-16-9(15)7-5-6(11)3-4-8(7)10(12,13)14/h3-5H,2H2,1H3/q-1. The lowest BCUT2D eigenvalue weighted by molar-refractivity contribution is 0.0527. The molecule has 0 fully saturated rings. The quantitative estimate of drug-likeness (QED) is 0.609. The van der Waals surface area contributed by atoms with Gasteiger partial charge in [-0.05, 0) is 19.1 Å². The smallest absolute Gasteiger partial charge is 0.462 e. The Morgan fingerprint density at radius 2 is 2.06 bits per heavy atom. The first-order valence-corrected chi connectivity index (χ1v) is 4.90. The van der Waals surface area contributed by atoms with Crippen LogP contribution < -0.4 is 5.46 Å². The van der Waals surface area contributed by atoms with Crippen molar-refractivity contribution < 1.29 is 22.5 Å². The SMILES string of the molecule is CCOC(=O)c1cc(Cl)ccc1[B-](F)(F)F. The van der Waals surface area contributed by atoms with Gasteiger partial charge in [0.1, 0.15) is 0 Å². The molecule has 0 heterocycles. The van der Waals surface area contributed by atoms with Gasteiger partial charge in [-0.2, -0.15) is 0 Å². The summed E-state index contributed by atoms with van der Waals surface area (Å²) in [7, 11) is 0. The predicted molar refractivity (Wildman–Crippen MR) is 56.1 cm³/mol. The summed E-state index contributed by atoms with van der Waals surface area (Å²) >= 11 is 5.54. The maximum absolute atomic E-state index is 12.6. The van der Waals surface area contributed by atoms with Crippen molar-refractivity contribution in [3.05, 3.63) is 28.8 Å². The highest BCUT2D eigenvalue weighted by molar-refractivity contribution is 6.74. The lowest BCUT2D eigenvalue weighted by Crippen LogP contribution is -2.38. The topological polar surface area (TPSA) is 26.3 Å².